The summed E-state index contributed by atoms with van der Waals surface area (Å²) < 4.78 is 46.2. The van der Waals surface area contributed by atoms with Crippen molar-refractivity contribution in [1.82, 2.24) is 15.2 Å². The van der Waals surface area contributed by atoms with Gasteiger partial charge >= 0.3 is 6.18 Å². The van der Waals surface area contributed by atoms with E-state index in [-0.39, 0.29) is 17.3 Å². The van der Waals surface area contributed by atoms with E-state index in [1.54, 1.807) is 19.1 Å². The van der Waals surface area contributed by atoms with Gasteiger partial charge in [-0.25, -0.2) is 4.98 Å². The molecular weight excluding hydrogens is 353 g/mol. The molecule has 0 spiro atoms. The zero-order valence-corrected chi connectivity index (χ0v) is 13.4. The smallest absolute Gasteiger partial charge is 0.422 e. The minimum atomic E-state index is -4.45. The maximum Gasteiger partial charge on any atom is 0.422 e. The predicted molar refractivity (Wildman–Crippen MR) is 84.8 cm³/mol. The van der Waals surface area contributed by atoms with Crippen LogP contribution in [-0.2, 0) is 0 Å². The van der Waals surface area contributed by atoms with Crippen LogP contribution >= 0.6 is 0 Å². The molecule has 136 valence electrons. The number of hydrogen-bond donors (Lipinski definition) is 2. The number of anilines is 1. The fourth-order valence-corrected chi connectivity index (χ4v) is 2.03. The standard InChI is InChI=1S/C16H13F3N4O3/c1-9-2-4-13(26-9)11-6-12(23-22-11)15(24)21-10-3-5-14(20-7-10)25-8-16(17,18)19/h2-7H,8H2,1H3,(H,21,24)(H,22,23). The number of ether oxygens (including phenoxy) is 1. The van der Waals surface area contributed by atoms with E-state index in [9.17, 15) is 18.0 Å². The average Bonchev–Trinajstić information content (AvgIpc) is 3.22. The second-order valence-electron chi connectivity index (χ2n) is 5.32. The highest BCUT2D eigenvalue weighted by atomic mass is 19.4. The molecule has 0 fully saturated rings. The SMILES string of the molecule is Cc1ccc(-c2cc(C(=O)Nc3ccc(OCC(F)(F)F)nc3)n[nH]2)o1. The van der Waals surface area contributed by atoms with Crippen LogP contribution in [0.4, 0.5) is 18.9 Å². The van der Waals surface area contributed by atoms with Gasteiger partial charge in [0.05, 0.1) is 11.9 Å². The highest BCUT2D eigenvalue weighted by Crippen LogP contribution is 2.21. The molecule has 10 heteroatoms. The summed E-state index contributed by atoms with van der Waals surface area (Å²) in [5, 5.41) is 9.14. The molecule has 2 N–H and O–H groups in total. The van der Waals surface area contributed by atoms with Gasteiger partial charge in [0.25, 0.3) is 5.91 Å². The van der Waals surface area contributed by atoms with Crippen molar-refractivity contribution in [1.29, 1.82) is 0 Å². The van der Waals surface area contributed by atoms with Gasteiger partial charge in [0, 0.05) is 12.1 Å². The Kier molecular flexibility index (Phi) is 4.65. The van der Waals surface area contributed by atoms with Gasteiger partial charge in [0.2, 0.25) is 5.88 Å². The summed E-state index contributed by atoms with van der Waals surface area (Å²) in [6.07, 6.45) is -3.26. The zero-order valence-electron chi connectivity index (χ0n) is 13.4. The van der Waals surface area contributed by atoms with E-state index >= 15 is 0 Å². The lowest BCUT2D eigenvalue weighted by Crippen LogP contribution is -2.19. The van der Waals surface area contributed by atoms with Crippen molar-refractivity contribution in [3.63, 3.8) is 0 Å². The lowest BCUT2D eigenvalue weighted by Gasteiger charge is -2.08. The molecule has 0 bridgehead atoms. The molecule has 0 aliphatic heterocycles. The number of rotatable bonds is 5. The third-order valence-corrected chi connectivity index (χ3v) is 3.19. The van der Waals surface area contributed by atoms with Crippen LogP contribution in [0.25, 0.3) is 11.5 Å². The van der Waals surface area contributed by atoms with Crippen LogP contribution in [0.15, 0.2) is 40.9 Å². The van der Waals surface area contributed by atoms with Crippen LogP contribution in [0.1, 0.15) is 16.2 Å². The first kappa shape index (κ1) is 17.5. The first-order chi connectivity index (χ1) is 12.3. The topological polar surface area (TPSA) is 93.0 Å². The van der Waals surface area contributed by atoms with Gasteiger partial charge in [0.15, 0.2) is 18.1 Å². The second kappa shape index (κ2) is 6.90. The summed E-state index contributed by atoms with van der Waals surface area (Å²) in [5.74, 6) is 0.554. The number of carbonyl (C=O) groups excluding carboxylic acids is 1. The summed E-state index contributed by atoms with van der Waals surface area (Å²) in [7, 11) is 0. The molecule has 0 atom stereocenters. The summed E-state index contributed by atoms with van der Waals surface area (Å²) in [6, 6.07) is 7.64. The molecule has 0 saturated heterocycles. The van der Waals surface area contributed by atoms with Crippen molar-refractivity contribution >= 4 is 11.6 Å². The predicted octanol–water partition coefficient (Wildman–Crippen LogP) is 3.57. The molecular formula is C16H13F3N4O3. The fraction of sp³-hybridized carbons (Fsp3) is 0.188. The highest BCUT2D eigenvalue weighted by molar-refractivity contribution is 6.03. The Morgan fingerprint density at radius 1 is 1.31 bits per heavy atom. The molecule has 1 amide bonds. The number of amides is 1. The summed E-state index contributed by atoms with van der Waals surface area (Å²) >= 11 is 0. The number of nitrogens with zero attached hydrogens (tertiary/aromatic N) is 2. The van der Waals surface area contributed by atoms with Crippen molar-refractivity contribution < 1.29 is 27.1 Å². The van der Waals surface area contributed by atoms with Gasteiger partial charge in [-0.2, -0.15) is 18.3 Å². The number of nitrogens with one attached hydrogen (secondary N) is 2. The van der Waals surface area contributed by atoms with Gasteiger partial charge in [-0.05, 0) is 25.1 Å². The van der Waals surface area contributed by atoms with E-state index in [4.69, 9.17) is 4.42 Å². The molecule has 0 radical (unpaired) electrons. The van der Waals surface area contributed by atoms with Crippen LogP contribution < -0.4 is 10.1 Å². The third kappa shape index (κ3) is 4.41. The number of hydrogen-bond acceptors (Lipinski definition) is 5. The Balaban J connectivity index is 1.62. The number of H-pyrrole nitrogens is 1. The Labute approximate surface area is 145 Å². The first-order valence-corrected chi connectivity index (χ1v) is 7.39. The number of alkyl halides is 3. The van der Waals surface area contributed by atoms with E-state index in [2.05, 4.69) is 25.2 Å². The minimum Gasteiger partial charge on any atom is -0.468 e. The van der Waals surface area contributed by atoms with Crippen LogP contribution in [0.3, 0.4) is 0 Å². The molecule has 0 aliphatic rings. The quantitative estimate of drug-likeness (QED) is 0.720. The van der Waals surface area contributed by atoms with Gasteiger partial charge in [-0.15, -0.1) is 0 Å². The number of aromatic amines is 1. The van der Waals surface area contributed by atoms with E-state index in [0.29, 0.717) is 11.5 Å². The van der Waals surface area contributed by atoms with Crippen molar-refractivity contribution in [2.75, 3.05) is 11.9 Å². The number of aryl methyl sites for hydroxylation is 1. The largest absolute Gasteiger partial charge is 0.468 e. The number of pyridine rings is 1. The van der Waals surface area contributed by atoms with Crippen LogP contribution in [0, 0.1) is 6.92 Å². The Morgan fingerprint density at radius 2 is 2.12 bits per heavy atom. The van der Waals surface area contributed by atoms with Crippen molar-refractivity contribution in [3.8, 4) is 17.3 Å². The monoisotopic (exact) mass is 366 g/mol. The molecule has 0 aliphatic carbocycles. The van der Waals surface area contributed by atoms with E-state index in [1.165, 1.54) is 24.4 Å². The van der Waals surface area contributed by atoms with Crippen LogP contribution in [0.5, 0.6) is 5.88 Å². The Morgan fingerprint density at radius 3 is 2.73 bits per heavy atom. The molecule has 0 aromatic carbocycles. The highest BCUT2D eigenvalue weighted by Gasteiger charge is 2.28. The molecule has 3 aromatic rings. The van der Waals surface area contributed by atoms with Gasteiger partial charge in [-0.1, -0.05) is 0 Å². The maximum atomic E-state index is 12.2. The van der Waals surface area contributed by atoms with Crippen molar-refractivity contribution in [2.45, 2.75) is 13.1 Å². The second-order valence-corrected chi connectivity index (χ2v) is 5.32. The normalized spacial score (nSPS) is 11.4. The van der Waals surface area contributed by atoms with Gasteiger partial charge in [0.1, 0.15) is 11.5 Å². The first-order valence-electron chi connectivity index (χ1n) is 7.39. The molecule has 3 aromatic heterocycles. The molecule has 26 heavy (non-hydrogen) atoms. The molecule has 3 rings (SSSR count). The minimum absolute atomic E-state index is 0.117. The van der Waals surface area contributed by atoms with E-state index in [0.717, 1.165) is 5.76 Å². The fourth-order valence-electron chi connectivity index (χ4n) is 2.03. The lowest BCUT2D eigenvalue weighted by molar-refractivity contribution is -0.154. The lowest BCUT2D eigenvalue weighted by atomic mass is 10.3. The van der Waals surface area contributed by atoms with E-state index < -0.39 is 18.7 Å². The van der Waals surface area contributed by atoms with Crippen LogP contribution in [-0.4, -0.2) is 33.9 Å². The van der Waals surface area contributed by atoms with Crippen molar-refractivity contribution in [2.24, 2.45) is 0 Å². The number of furan rings is 1. The molecule has 3 heterocycles. The van der Waals surface area contributed by atoms with Gasteiger partial charge in [-0.3, -0.25) is 9.89 Å². The van der Waals surface area contributed by atoms with E-state index in [1.807, 2.05) is 0 Å². The molecule has 0 unspecified atom stereocenters. The maximum absolute atomic E-state index is 12.2. The Hall–Kier alpha value is -3.30. The van der Waals surface area contributed by atoms with Crippen molar-refractivity contribution in [3.05, 3.63) is 48.0 Å². The van der Waals surface area contributed by atoms with Gasteiger partial charge < -0.3 is 14.5 Å². The number of halogens is 3. The Bertz CT molecular complexity index is 900. The summed E-state index contributed by atoms with van der Waals surface area (Å²) in [6.45, 7) is 0.358. The average molecular weight is 366 g/mol. The summed E-state index contributed by atoms with van der Waals surface area (Å²) in [5.41, 5.74) is 0.941. The summed E-state index contributed by atoms with van der Waals surface area (Å²) in [4.78, 5) is 15.9. The number of aromatic nitrogens is 3. The molecule has 7 nitrogen and oxygen atoms in total. The molecule has 0 saturated carbocycles. The van der Waals surface area contributed by atoms with Crippen LogP contribution in [0.2, 0.25) is 0 Å². The number of carbonyl (C=O) groups is 1. The zero-order chi connectivity index (χ0) is 18.7. The third-order valence-electron chi connectivity index (χ3n) is 3.19.